The molecule has 1 aromatic heterocycles. The number of hydrogen-bond donors (Lipinski definition) is 1. The average molecular weight is 209 g/mol. The maximum Gasteiger partial charge on any atom is 0.305 e. The van der Waals surface area contributed by atoms with E-state index >= 15 is 0 Å². The van der Waals surface area contributed by atoms with E-state index in [2.05, 4.69) is 9.72 Å². The van der Waals surface area contributed by atoms with Gasteiger partial charge in [-0.05, 0) is 25.8 Å². The van der Waals surface area contributed by atoms with Crippen LogP contribution in [0.4, 0.5) is 0 Å². The Bertz CT molecular complexity index is 379. The lowest BCUT2D eigenvalue weighted by Crippen LogP contribution is -2.04. The minimum Gasteiger partial charge on any atom is -0.469 e. The number of aromatic nitrogens is 1. The third kappa shape index (κ3) is 2.68. The zero-order valence-corrected chi connectivity index (χ0v) is 9.22. The van der Waals surface area contributed by atoms with Crippen LogP contribution in [0.5, 0.6) is 0 Å². The molecule has 0 radical (unpaired) electrons. The van der Waals surface area contributed by atoms with E-state index in [0.29, 0.717) is 18.4 Å². The van der Waals surface area contributed by atoms with Gasteiger partial charge in [-0.2, -0.15) is 0 Å². The first-order valence-electron chi connectivity index (χ1n) is 4.81. The third-order valence-corrected chi connectivity index (χ3v) is 2.34. The summed E-state index contributed by atoms with van der Waals surface area (Å²) >= 11 is 0. The number of rotatable bonds is 4. The van der Waals surface area contributed by atoms with E-state index in [9.17, 15) is 9.59 Å². The molecule has 0 spiro atoms. The van der Waals surface area contributed by atoms with Crippen molar-refractivity contribution in [1.82, 2.24) is 4.98 Å². The number of esters is 1. The predicted molar refractivity (Wildman–Crippen MR) is 55.9 cm³/mol. The fraction of sp³-hybridized carbons (Fsp3) is 0.455. The van der Waals surface area contributed by atoms with Gasteiger partial charge >= 0.3 is 5.97 Å². The molecule has 0 aliphatic rings. The molecule has 0 aliphatic heterocycles. The maximum atomic E-state index is 11.3. The van der Waals surface area contributed by atoms with Crippen LogP contribution in [0.2, 0.25) is 0 Å². The number of Topliss-reactive ketones (excluding diaryl/α,β-unsaturated/α-hetero) is 1. The summed E-state index contributed by atoms with van der Waals surface area (Å²) in [5.74, 6) is -0.239. The molecule has 1 aromatic rings. The standard InChI is InChI=1S/C11H15NO3/c1-7-11(8(2)13)9(6-12-7)4-5-10(14)15-3/h6,12H,4-5H2,1-3H3. The molecule has 0 bridgehead atoms. The quantitative estimate of drug-likeness (QED) is 0.605. The van der Waals surface area contributed by atoms with E-state index in [-0.39, 0.29) is 11.8 Å². The van der Waals surface area contributed by atoms with Gasteiger partial charge in [-0.3, -0.25) is 9.59 Å². The van der Waals surface area contributed by atoms with Crippen LogP contribution in [-0.2, 0) is 16.0 Å². The monoisotopic (exact) mass is 209 g/mol. The van der Waals surface area contributed by atoms with Gasteiger partial charge in [-0.15, -0.1) is 0 Å². The van der Waals surface area contributed by atoms with Crippen LogP contribution in [0.3, 0.4) is 0 Å². The highest BCUT2D eigenvalue weighted by Gasteiger charge is 2.13. The molecule has 0 amide bonds. The molecule has 1 rings (SSSR count). The topological polar surface area (TPSA) is 59.2 Å². The van der Waals surface area contributed by atoms with Crippen molar-refractivity contribution in [3.63, 3.8) is 0 Å². The third-order valence-electron chi connectivity index (χ3n) is 2.34. The number of hydrogen-bond acceptors (Lipinski definition) is 3. The van der Waals surface area contributed by atoms with E-state index in [1.807, 2.05) is 6.92 Å². The molecule has 0 fully saturated rings. The Kier molecular flexibility index (Phi) is 3.66. The Morgan fingerprint density at radius 3 is 2.67 bits per heavy atom. The number of methoxy groups -OCH3 is 1. The van der Waals surface area contributed by atoms with Crippen LogP contribution in [-0.4, -0.2) is 23.8 Å². The van der Waals surface area contributed by atoms with Gasteiger partial charge in [-0.25, -0.2) is 0 Å². The van der Waals surface area contributed by atoms with Gasteiger partial charge in [0.05, 0.1) is 7.11 Å². The summed E-state index contributed by atoms with van der Waals surface area (Å²) in [5, 5.41) is 0. The highest BCUT2D eigenvalue weighted by Crippen LogP contribution is 2.16. The number of aryl methyl sites for hydroxylation is 2. The van der Waals surface area contributed by atoms with Crippen molar-refractivity contribution in [2.24, 2.45) is 0 Å². The summed E-state index contributed by atoms with van der Waals surface area (Å²) in [4.78, 5) is 25.3. The van der Waals surface area contributed by atoms with Gasteiger partial charge in [0.2, 0.25) is 0 Å². The van der Waals surface area contributed by atoms with Gasteiger partial charge < -0.3 is 9.72 Å². The molecule has 0 saturated carbocycles. The van der Waals surface area contributed by atoms with Crippen molar-refractivity contribution in [3.05, 3.63) is 23.0 Å². The first-order chi connectivity index (χ1) is 7.06. The largest absolute Gasteiger partial charge is 0.469 e. The number of ether oxygens (including phenoxy) is 1. The van der Waals surface area contributed by atoms with E-state index in [1.165, 1.54) is 14.0 Å². The molecular formula is C11H15NO3. The molecule has 0 unspecified atom stereocenters. The molecule has 0 saturated heterocycles. The molecule has 82 valence electrons. The van der Waals surface area contributed by atoms with Crippen molar-refractivity contribution in [2.75, 3.05) is 7.11 Å². The smallest absolute Gasteiger partial charge is 0.305 e. The number of ketones is 1. The van der Waals surface area contributed by atoms with Crippen molar-refractivity contribution in [1.29, 1.82) is 0 Å². The Balaban J connectivity index is 2.77. The SMILES string of the molecule is COC(=O)CCc1c[nH]c(C)c1C(C)=O. The van der Waals surface area contributed by atoms with Crippen molar-refractivity contribution >= 4 is 11.8 Å². The van der Waals surface area contributed by atoms with E-state index in [4.69, 9.17) is 0 Å². The van der Waals surface area contributed by atoms with E-state index in [1.54, 1.807) is 6.20 Å². The lowest BCUT2D eigenvalue weighted by atomic mass is 10.0. The summed E-state index contributed by atoms with van der Waals surface area (Å²) in [6.07, 6.45) is 2.61. The minimum absolute atomic E-state index is 0.0219. The second-order valence-corrected chi connectivity index (χ2v) is 3.45. The second kappa shape index (κ2) is 4.77. The minimum atomic E-state index is -0.261. The maximum absolute atomic E-state index is 11.3. The van der Waals surface area contributed by atoms with Crippen LogP contribution in [0.25, 0.3) is 0 Å². The molecule has 0 aromatic carbocycles. The summed E-state index contributed by atoms with van der Waals surface area (Å²) in [6, 6.07) is 0. The van der Waals surface area contributed by atoms with E-state index < -0.39 is 0 Å². The zero-order chi connectivity index (χ0) is 11.4. The molecule has 4 nitrogen and oxygen atoms in total. The highest BCUT2D eigenvalue weighted by atomic mass is 16.5. The van der Waals surface area contributed by atoms with Crippen molar-refractivity contribution in [3.8, 4) is 0 Å². The Morgan fingerprint density at radius 2 is 2.13 bits per heavy atom. The lowest BCUT2D eigenvalue weighted by Gasteiger charge is -2.01. The normalized spacial score (nSPS) is 10.1. The van der Waals surface area contributed by atoms with Crippen LogP contribution in [0, 0.1) is 6.92 Å². The van der Waals surface area contributed by atoms with E-state index in [0.717, 1.165) is 11.3 Å². The Morgan fingerprint density at radius 1 is 1.47 bits per heavy atom. The number of H-pyrrole nitrogens is 1. The first-order valence-corrected chi connectivity index (χ1v) is 4.81. The molecule has 0 aliphatic carbocycles. The van der Waals surface area contributed by atoms with Crippen molar-refractivity contribution < 1.29 is 14.3 Å². The fourth-order valence-electron chi connectivity index (χ4n) is 1.61. The van der Waals surface area contributed by atoms with Crippen LogP contribution >= 0.6 is 0 Å². The number of nitrogens with one attached hydrogen (secondary N) is 1. The number of carbonyl (C=O) groups is 2. The number of aromatic amines is 1. The van der Waals surface area contributed by atoms with Crippen molar-refractivity contribution in [2.45, 2.75) is 26.7 Å². The second-order valence-electron chi connectivity index (χ2n) is 3.45. The molecule has 0 atom stereocenters. The van der Waals surface area contributed by atoms with Crippen LogP contribution in [0.15, 0.2) is 6.20 Å². The van der Waals surface area contributed by atoms with Crippen LogP contribution in [0.1, 0.15) is 35.0 Å². The summed E-state index contributed by atoms with van der Waals surface area (Å²) < 4.78 is 4.55. The molecule has 1 heterocycles. The first kappa shape index (κ1) is 11.5. The molecule has 1 N–H and O–H groups in total. The van der Waals surface area contributed by atoms with Gasteiger partial charge in [0.15, 0.2) is 5.78 Å². The Hall–Kier alpha value is -1.58. The number of carbonyl (C=O) groups excluding carboxylic acids is 2. The van der Waals surface area contributed by atoms with Gasteiger partial charge in [0.1, 0.15) is 0 Å². The summed E-state index contributed by atoms with van der Waals surface area (Å²) in [7, 11) is 1.36. The molecule has 4 heteroatoms. The zero-order valence-electron chi connectivity index (χ0n) is 9.22. The Labute approximate surface area is 88.6 Å². The average Bonchev–Trinajstić information content (AvgIpc) is 2.56. The fourth-order valence-corrected chi connectivity index (χ4v) is 1.61. The van der Waals surface area contributed by atoms with Gasteiger partial charge in [0, 0.05) is 23.9 Å². The predicted octanol–water partition coefficient (Wildman–Crippen LogP) is 1.63. The van der Waals surface area contributed by atoms with Gasteiger partial charge in [-0.1, -0.05) is 0 Å². The lowest BCUT2D eigenvalue weighted by molar-refractivity contribution is -0.140. The van der Waals surface area contributed by atoms with Crippen LogP contribution < -0.4 is 0 Å². The molecular weight excluding hydrogens is 194 g/mol. The van der Waals surface area contributed by atoms with Gasteiger partial charge in [0.25, 0.3) is 0 Å². The summed E-state index contributed by atoms with van der Waals surface area (Å²) in [5.41, 5.74) is 2.42. The summed E-state index contributed by atoms with van der Waals surface area (Å²) in [6.45, 7) is 3.37. The highest BCUT2D eigenvalue weighted by molar-refractivity contribution is 5.96. The molecule has 15 heavy (non-hydrogen) atoms.